The summed E-state index contributed by atoms with van der Waals surface area (Å²) in [6.07, 6.45) is 0.827. The summed E-state index contributed by atoms with van der Waals surface area (Å²) in [5.74, 6) is 0.952. The predicted molar refractivity (Wildman–Crippen MR) is 79.7 cm³/mol. The van der Waals surface area contributed by atoms with Gasteiger partial charge in [-0.05, 0) is 38.3 Å². The van der Waals surface area contributed by atoms with Crippen LogP contribution in [-0.4, -0.2) is 11.0 Å². The summed E-state index contributed by atoms with van der Waals surface area (Å²) in [4.78, 5) is 4.41. The molecule has 0 amide bonds. The smallest absolute Gasteiger partial charge is 0.140 e. The van der Waals surface area contributed by atoms with E-state index in [0.29, 0.717) is 6.61 Å². The first-order valence-electron chi connectivity index (χ1n) is 6.44. The number of hydrogen-bond donors (Lipinski definition) is 1. The molecule has 0 bridgehead atoms. The second-order valence-electron chi connectivity index (χ2n) is 4.92. The monoisotopic (exact) mass is 276 g/mol. The van der Waals surface area contributed by atoms with E-state index in [2.05, 4.69) is 24.0 Å². The molecule has 2 N–H and O–H groups in total. The number of ether oxygens (including phenoxy) is 1. The molecule has 4 heteroatoms. The predicted octanol–water partition coefficient (Wildman–Crippen LogP) is 3.23. The molecule has 1 aromatic carbocycles. The highest BCUT2D eigenvalue weighted by molar-refractivity contribution is 7.09. The molecule has 0 aliphatic heterocycles. The summed E-state index contributed by atoms with van der Waals surface area (Å²) >= 11 is 1.63. The van der Waals surface area contributed by atoms with Crippen LogP contribution in [0, 0.1) is 13.8 Å². The summed E-state index contributed by atoms with van der Waals surface area (Å²) in [6.45, 7) is 6.59. The van der Waals surface area contributed by atoms with Gasteiger partial charge in [0.15, 0.2) is 0 Å². The first-order valence-corrected chi connectivity index (χ1v) is 7.32. The molecule has 1 aromatic heterocycles. The first-order chi connectivity index (χ1) is 9.06. The van der Waals surface area contributed by atoms with Gasteiger partial charge in [-0.1, -0.05) is 18.2 Å². The molecule has 0 spiro atoms. The molecular weight excluding hydrogens is 256 g/mol. The van der Waals surface area contributed by atoms with Crippen LogP contribution >= 0.6 is 11.3 Å². The standard InChI is InChI=1S/C15H20N2OS/c1-10-5-4-6-13(7-11(2)16)15(10)18-8-14-17-12(3)9-19-14/h4-6,9,11H,7-8,16H2,1-3H3. The van der Waals surface area contributed by atoms with Gasteiger partial charge in [0.2, 0.25) is 0 Å². The lowest BCUT2D eigenvalue weighted by molar-refractivity contribution is 0.299. The van der Waals surface area contributed by atoms with Crippen molar-refractivity contribution in [2.45, 2.75) is 39.8 Å². The Morgan fingerprint density at radius 2 is 2.16 bits per heavy atom. The Hall–Kier alpha value is -1.39. The van der Waals surface area contributed by atoms with Gasteiger partial charge >= 0.3 is 0 Å². The van der Waals surface area contributed by atoms with E-state index in [1.807, 2.05) is 25.3 Å². The van der Waals surface area contributed by atoms with Crippen LogP contribution in [0.25, 0.3) is 0 Å². The number of nitrogens with two attached hydrogens (primary N) is 1. The van der Waals surface area contributed by atoms with Gasteiger partial charge < -0.3 is 10.5 Å². The molecule has 1 atom stereocenters. The minimum absolute atomic E-state index is 0.131. The zero-order valence-corrected chi connectivity index (χ0v) is 12.5. The van der Waals surface area contributed by atoms with Crippen LogP contribution in [0.4, 0.5) is 0 Å². The Balaban J connectivity index is 2.14. The molecule has 19 heavy (non-hydrogen) atoms. The number of para-hydroxylation sites is 1. The highest BCUT2D eigenvalue weighted by Gasteiger charge is 2.10. The van der Waals surface area contributed by atoms with Gasteiger partial charge in [-0.15, -0.1) is 11.3 Å². The van der Waals surface area contributed by atoms with Crippen LogP contribution in [0.5, 0.6) is 5.75 Å². The largest absolute Gasteiger partial charge is 0.486 e. The van der Waals surface area contributed by atoms with Crippen LogP contribution in [0.1, 0.15) is 28.8 Å². The Morgan fingerprint density at radius 1 is 1.37 bits per heavy atom. The van der Waals surface area contributed by atoms with E-state index >= 15 is 0 Å². The molecule has 102 valence electrons. The molecule has 0 saturated heterocycles. The summed E-state index contributed by atoms with van der Waals surface area (Å²) in [6, 6.07) is 6.32. The van der Waals surface area contributed by atoms with E-state index in [4.69, 9.17) is 10.5 Å². The molecule has 0 fully saturated rings. The van der Waals surface area contributed by atoms with Crippen LogP contribution < -0.4 is 10.5 Å². The van der Waals surface area contributed by atoms with E-state index in [1.54, 1.807) is 11.3 Å². The quantitative estimate of drug-likeness (QED) is 0.912. The van der Waals surface area contributed by atoms with Crippen molar-refractivity contribution in [3.63, 3.8) is 0 Å². The van der Waals surface area contributed by atoms with Gasteiger partial charge in [0.05, 0.1) is 0 Å². The van der Waals surface area contributed by atoms with E-state index < -0.39 is 0 Å². The van der Waals surface area contributed by atoms with Gasteiger partial charge in [-0.25, -0.2) is 4.98 Å². The lowest BCUT2D eigenvalue weighted by Gasteiger charge is -2.14. The van der Waals surface area contributed by atoms with E-state index in [1.165, 1.54) is 5.56 Å². The van der Waals surface area contributed by atoms with Gasteiger partial charge in [0, 0.05) is 17.1 Å². The molecule has 3 nitrogen and oxygen atoms in total. The van der Waals surface area contributed by atoms with Crippen molar-refractivity contribution in [1.82, 2.24) is 4.98 Å². The maximum Gasteiger partial charge on any atom is 0.140 e. The number of hydrogen-bond acceptors (Lipinski definition) is 4. The zero-order valence-electron chi connectivity index (χ0n) is 11.6. The molecular formula is C15H20N2OS. The van der Waals surface area contributed by atoms with Crippen molar-refractivity contribution >= 4 is 11.3 Å². The Bertz CT molecular complexity index is 549. The van der Waals surface area contributed by atoms with Crippen molar-refractivity contribution in [1.29, 1.82) is 0 Å². The molecule has 0 radical (unpaired) electrons. The van der Waals surface area contributed by atoms with E-state index in [-0.39, 0.29) is 6.04 Å². The average Bonchev–Trinajstić information content (AvgIpc) is 2.73. The SMILES string of the molecule is Cc1csc(COc2c(C)cccc2CC(C)N)n1. The Kier molecular flexibility index (Phi) is 4.56. The zero-order chi connectivity index (χ0) is 13.8. The third kappa shape index (κ3) is 3.78. The molecule has 0 aliphatic carbocycles. The topological polar surface area (TPSA) is 48.1 Å². The third-order valence-electron chi connectivity index (χ3n) is 2.84. The number of benzene rings is 1. The lowest BCUT2D eigenvalue weighted by Crippen LogP contribution is -2.18. The molecule has 0 aliphatic rings. The Morgan fingerprint density at radius 3 is 2.79 bits per heavy atom. The number of nitrogens with zero attached hydrogens (tertiary/aromatic N) is 1. The highest BCUT2D eigenvalue weighted by atomic mass is 32.1. The molecule has 2 aromatic rings. The van der Waals surface area contributed by atoms with E-state index in [0.717, 1.165) is 28.4 Å². The summed E-state index contributed by atoms with van der Waals surface area (Å²) in [7, 11) is 0. The Labute approximate surface area is 118 Å². The van der Waals surface area contributed by atoms with Gasteiger partial charge in [0.25, 0.3) is 0 Å². The fraction of sp³-hybridized carbons (Fsp3) is 0.400. The number of rotatable bonds is 5. The molecule has 0 saturated carbocycles. The van der Waals surface area contributed by atoms with Gasteiger partial charge in [-0.2, -0.15) is 0 Å². The van der Waals surface area contributed by atoms with Crippen molar-refractivity contribution in [3.8, 4) is 5.75 Å². The number of aryl methyl sites for hydroxylation is 2. The molecule has 2 rings (SSSR count). The van der Waals surface area contributed by atoms with Crippen LogP contribution in [0.3, 0.4) is 0 Å². The first kappa shape index (κ1) is 14.0. The summed E-state index contributed by atoms with van der Waals surface area (Å²) in [5, 5.41) is 3.05. The van der Waals surface area contributed by atoms with Crippen LogP contribution in [-0.2, 0) is 13.0 Å². The van der Waals surface area contributed by atoms with Crippen molar-refractivity contribution in [2.75, 3.05) is 0 Å². The van der Waals surface area contributed by atoms with Crippen molar-refractivity contribution < 1.29 is 4.74 Å². The fourth-order valence-corrected chi connectivity index (χ4v) is 2.71. The van der Waals surface area contributed by atoms with Crippen LogP contribution in [0.15, 0.2) is 23.6 Å². The minimum Gasteiger partial charge on any atom is -0.486 e. The van der Waals surface area contributed by atoms with Crippen molar-refractivity contribution in [2.24, 2.45) is 5.73 Å². The fourth-order valence-electron chi connectivity index (χ4n) is 2.03. The second-order valence-corrected chi connectivity index (χ2v) is 5.86. The normalized spacial score (nSPS) is 12.4. The average molecular weight is 276 g/mol. The summed E-state index contributed by atoms with van der Waals surface area (Å²) in [5.41, 5.74) is 9.25. The maximum absolute atomic E-state index is 5.96. The van der Waals surface area contributed by atoms with Gasteiger partial charge in [-0.3, -0.25) is 0 Å². The molecule has 1 unspecified atom stereocenters. The lowest BCUT2D eigenvalue weighted by atomic mass is 10.0. The highest BCUT2D eigenvalue weighted by Crippen LogP contribution is 2.26. The second kappa shape index (κ2) is 6.17. The molecule has 1 heterocycles. The maximum atomic E-state index is 5.96. The minimum atomic E-state index is 0.131. The third-order valence-corrected chi connectivity index (χ3v) is 3.78. The van der Waals surface area contributed by atoms with Gasteiger partial charge in [0.1, 0.15) is 17.4 Å². The van der Waals surface area contributed by atoms with E-state index in [9.17, 15) is 0 Å². The van der Waals surface area contributed by atoms with Crippen LogP contribution in [0.2, 0.25) is 0 Å². The number of thiazole rings is 1. The van der Waals surface area contributed by atoms with Crippen molar-refractivity contribution in [3.05, 3.63) is 45.4 Å². The number of aromatic nitrogens is 1. The summed E-state index contributed by atoms with van der Waals surface area (Å²) < 4.78 is 5.96.